The lowest BCUT2D eigenvalue weighted by Gasteiger charge is -2.20. The van der Waals surface area contributed by atoms with Crippen molar-refractivity contribution < 1.29 is 14.6 Å². The van der Waals surface area contributed by atoms with E-state index in [0.717, 1.165) is 11.1 Å². The van der Waals surface area contributed by atoms with Crippen LogP contribution in [0.1, 0.15) is 18.9 Å². The molecule has 0 spiro atoms. The fourth-order valence-electron chi connectivity index (χ4n) is 2.39. The first-order valence-corrected chi connectivity index (χ1v) is 6.38. The van der Waals surface area contributed by atoms with Gasteiger partial charge in [0.15, 0.2) is 0 Å². The van der Waals surface area contributed by atoms with Crippen molar-refractivity contribution in [2.45, 2.75) is 32.1 Å². The van der Waals surface area contributed by atoms with Crippen molar-refractivity contribution in [3.63, 3.8) is 0 Å². The second-order valence-electron chi connectivity index (χ2n) is 4.95. The van der Waals surface area contributed by atoms with Crippen LogP contribution in [0.15, 0.2) is 42.5 Å². The minimum absolute atomic E-state index is 0.0574. The largest absolute Gasteiger partial charge is 0.465 e. The number of carboxylic acid groups (broad SMARTS) is 1. The van der Waals surface area contributed by atoms with Gasteiger partial charge in [-0.2, -0.15) is 0 Å². The van der Waals surface area contributed by atoms with E-state index in [9.17, 15) is 4.79 Å². The number of nitrogens with zero attached hydrogens (tertiary/aromatic N) is 1. The third-order valence-corrected chi connectivity index (χ3v) is 3.41. The van der Waals surface area contributed by atoms with E-state index in [2.05, 4.69) is 6.58 Å². The van der Waals surface area contributed by atoms with Gasteiger partial charge < -0.3 is 9.84 Å². The quantitative estimate of drug-likeness (QED) is 0.848. The highest BCUT2D eigenvalue weighted by atomic mass is 16.5. The van der Waals surface area contributed by atoms with E-state index < -0.39 is 6.09 Å². The van der Waals surface area contributed by atoms with Gasteiger partial charge in [-0.25, -0.2) is 4.79 Å². The van der Waals surface area contributed by atoms with Crippen molar-refractivity contribution in [1.82, 2.24) is 4.90 Å². The normalized spacial score (nSPS) is 22.5. The van der Waals surface area contributed by atoms with Crippen molar-refractivity contribution in [3.05, 3.63) is 48.0 Å². The summed E-state index contributed by atoms with van der Waals surface area (Å²) in [5, 5.41) is 9.16. The minimum Gasteiger partial charge on any atom is -0.465 e. The Kier molecular flexibility index (Phi) is 4.22. The molecule has 0 radical (unpaired) electrons. The van der Waals surface area contributed by atoms with Crippen molar-refractivity contribution in [3.8, 4) is 0 Å². The summed E-state index contributed by atoms with van der Waals surface area (Å²) in [7, 11) is 0. The monoisotopic (exact) mass is 261 g/mol. The molecule has 0 bridgehead atoms. The molecule has 1 aliphatic rings. The number of ether oxygens (including phenoxy) is 1. The highest BCUT2D eigenvalue weighted by Crippen LogP contribution is 2.25. The maximum Gasteiger partial charge on any atom is 0.407 e. The number of likely N-dealkylation sites (tertiary alicyclic amines) is 1. The van der Waals surface area contributed by atoms with Crippen molar-refractivity contribution in [1.29, 1.82) is 0 Å². The predicted octanol–water partition coefficient (Wildman–Crippen LogP) is 2.90. The summed E-state index contributed by atoms with van der Waals surface area (Å²) in [6.45, 7) is 6.66. The van der Waals surface area contributed by atoms with Gasteiger partial charge in [-0.15, -0.1) is 0 Å². The van der Waals surface area contributed by atoms with Crippen LogP contribution in [-0.2, 0) is 11.3 Å². The van der Waals surface area contributed by atoms with E-state index in [1.54, 1.807) is 0 Å². The van der Waals surface area contributed by atoms with Gasteiger partial charge in [0, 0.05) is 0 Å². The Labute approximate surface area is 113 Å². The van der Waals surface area contributed by atoms with Gasteiger partial charge in [0.2, 0.25) is 0 Å². The molecule has 19 heavy (non-hydrogen) atoms. The third-order valence-electron chi connectivity index (χ3n) is 3.41. The first kappa shape index (κ1) is 13.6. The first-order valence-electron chi connectivity index (χ1n) is 6.38. The summed E-state index contributed by atoms with van der Waals surface area (Å²) in [5.74, 6) is 0. The molecule has 1 fully saturated rings. The Morgan fingerprint density at radius 3 is 2.68 bits per heavy atom. The topological polar surface area (TPSA) is 49.8 Å². The maximum absolute atomic E-state index is 11.2. The Bertz CT molecular complexity index is 436. The average molecular weight is 261 g/mol. The molecule has 0 unspecified atom stereocenters. The van der Waals surface area contributed by atoms with Gasteiger partial charge in [0.1, 0.15) is 0 Å². The van der Waals surface area contributed by atoms with Crippen LogP contribution in [0.4, 0.5) is 4.79 Å². The van der Waals surface area contributed by atoms with E-state index in [-0.39, 0.29) is 12.1 Å². The molecule has 2 rings (SSSR count). The Balaban J connectivity index is 1.93. The molecular formula is C15H19NO3. The average Bonchev–Trinajstić information content (AvgIpc) is 2.82. The molecule has 1 aromatic rings. The van der Waals surface area contributed by atoms with Crippen LogP contribution in [0.2, 0.25) is 0 Å². The fourth-order valence-corrected chi connectivity index (χ4v) is 2.39. The molecule has 1 heterocycles. The van der Waals surface area contributed by atoms with E-state index in [1.165, 1.54) is 4.90 Å². The number of benzene rings is 1. The molecule has 1 N–H and O–H groups in total. The molecule has 1 aliphatic heterocycles. The molecule has 0 aliphatic carbocycles. The molecule has 0 saturated carbocycles. The van der Waals surface area contributed by atoms with Gasteiger partial charge >= 0.3 is 6.09 Å². The smallest absolute Gasteiger partial charge is 0.407 e. The van der Waals surface area contributed by atoms with E-state index in [1.807, 2.05) is 37.3 Å². The van der Waals surface area contributed by atoms with Crippen molar-refractivity contribution >= 4 is 6.09 Å². The molecule has 4 heteroatoms. The zero-order valence-corrected chi connectivity index (χ0v) is 11.1. The van der Waals surface area contributed by atoms with Crippen LogP contribution < -0.4 is 0 Å². The van der Waals surface area contributed by atoms with E-state index in [0.29, 0.717) is 19.6 Å². The number of amides is 1. The van der Waals surface area contributed by atoms with Crippen LogP contribution in [-0.4, -0.2) is 34.8 Å². The van der Waals surface area contributed by atoms with Gasteiger partial charge in [0.05, 0.1) is 25.3 Å². The molecular weight excluding hydrogens is 242 g/mol. The highest BCUT2D eigenvalue weighted by Gasteiger charge is 2.36. The lowest BCUT2D eigenvalue weighted by atomic mass is 10.1. The number of hydrogen-bond donors (Lipinski definition) is 1. The summed E-state index contributed by atoms with van der Waals surface area (Å²) >= 11 is 0. The third kappa shape index (κ3) is 3.35. The van der Waals surface area contributed by atoms with Crippen LogP contribution in [0.5, 0.6) is 0 Å². The van der Waals surface area contributed by atoms with Crippen molar-refractivity contribution in [2.75, 3.05) is 6.54 Å². The van der Waals surface area contributed by atoms with Crippen LogP contribution in [0, 0.1) is 0 Å². The zero-order chi connectivity index (χ0) is 13.8. The first-order chi connectivity index (χ1) is 9.08. The summed E-state index contributed by atoms with van der Waals surface area (Å²) in [5.41, 5.74) is 1.97. The summed E-state index contributed by atoms with van der Waals surface area (Å²) in [6.07, 6.45) is -0.272. The van der Waals surface area contributed by atoms with Crippen LogP contribution in [0.3, 0.4) is 0 Å². The van der Waals surface area contributed by atoms with Crippen LogP contribution >= 0.6 is 0 Å². The van der Waals surface area contributed by atoms with Gasteiger partial charge in [0.25, 0.3) is 0 Å². The van der Waals surface area contributed by atoms with Gasteiger partial charge in [-0.1, -0.05) is 42.5 Å². The fraction of sp³-hybridized carbons (Fsp3) is 0.400. The van der Waals surface area contributed by atoms with Gasteiger partial charge in [-0.05, 0) is 18.9 Å². The Hall–Kier alpha value is -1.81. The van der Waals surface area contributed by atoms with Gasteiger partial charge in [-0.3, -0.25) is 4.90 Å². The SMILES string of the molecule is C=C(C)[C@@H]1C[C@@H](OCc2ccccc2)CN1C(=O)O. The predicted molar refractivity (Wildman–Crippen MR) is 73.0 cm³/mol. The lowest BCUT2D eigenvalue weighted by Crippen LogP contribution is -2.35. The second kappa shape index (κ2) is 5.89. The Morgan fingerprint density at radius 2 is 2.16 bits per heavy atom. The maximum atomic E-state index is 11.2. The summed E-state index contributed by atoms with van der Waals surface area (Å²) in [6, 6.07) is 9.77. The molecule has 0 aromatic heterocycles. The van der Waals surface area contributed by atoms with E-state index >= 15 is 0 Å². The second-order valence-corrected chi connectivity index (χ2v) is 4.95. The Morgan fingerprint density at radius 1 is 1.47 bits per heavy atom. The molecule has 1 aromatic carbocycles. The lowest BCUT2D eigenvalue weighted by molar-refractivity contribution is 0.0465. The molecule has 2 atom stereocenters. The number of carbonyl (C=O) groups is 1. The molecule has 1 amide bonds. The highest BCUT2D eigenvalue weighted by molar-refractivity contribution is 5.66. The summed E-state index contributed by atoms with van der Waals surface area (Å²) in [4.78, 5) is 12.6. The van der Waals surface area contributed by atoms with E-state index in [4.69, 9.17) is 9.84 Å². The standard InChI is InChI=1S/C15H19NO3/c1-11(2)14-8-13(9-16(14)15(17)18)19-10-12-6-4-3-5-7-12/h3-7,13-14H,1,8-10H2,2H3,(H,17,18)/t13-,14+/m1/s1. The number of hydrogen-bond acceptors (Lipinski definition) is 2. The number of rotatable bonds is 4. The molecule has 1 saturated heterocycles. The summed E-state index contributed by atoms with van der Waals surface area (Å²) < 4.78 is 5.80. The van der Waals surface area contributed by atoms with Crippen molar-refractivity contribution in [2.24, 2.45) is 0 Å². The minimum atomic E-state index is -0.904. The molecule has 4 nitrogen and oxygen atoms in total. The zero-order valence-electron chi connectivity index (χ0n) is 11.1. The molecule has 102 valence electrons. The van der Waals surface area contributed by atoms with Crippen LogP contribution in [0.25, 0.3) is 0 Å².